The highest BCUT2D eigenvalue weighted by Gasteiger charge is 2.47. The highest BCUT2D eigenvalue weighted by molar-refractivity contribution is 7.00. The first-order valence-electron chi connectivity index (χ1n) is 8.89. The van der Waals surface area contributed by atoms with Gasteiger partial charge in [0.2, 0.25) is 8.24 Å². The first-order valence-corrected chi connectivity index (χ1v) is 11.0. The summed E-state index contributed by atoms with van der Waals surface area (Å²) < 4.78 is 2.65. The molecule has 0 N–H and O–H groups in total. The van der Waals surface area contributed by atoms with Gasteiger partial charge in [0.1, 0.15) is 0 Å². The average Bonchev–Trinajstić information content (AvgIpc) is 2.62. The molecule has 3 rings (SSSR count). The van der Waals surface area contributed by atoms with Gasteiger partial charge in [-0.2, -0.15) is 0 Å². The molecular formula is C21H28N2Si. The van der Waals surface area contributed by atoms with Gasteiger partial charge >= 0.3 is 0 Å². The number of rotatable bonds is 4. The Bertz CT molecular complexity index is 640. The molecule has 2 aromatic carbocycles. The minimum absolute atomic E-state index is 0.475. The highest BCUT2D eigenvalue weighted by Crippen LogP contribution is 2.23. The fourth-order valence-corrected chi connectivity index (χ4v) is 8.87. The van der Waals surface area contributed by atoms with E-state index >= 15 is 0 Å². The molecule has 24 heavy (non-hydrogen) atoms. The van der Waals surface area contributed by atoms with Crippen LogP contribution in [-0.2, 0) is 0 Å². The van der Waals surface area contributed by atoms with Crippen molar-refractivity contribution < 1.29 is 0 Å². The van der Waals surface area contributed by atoms with Crippen molar-refractivity contribution in [3.8, 4) is 0 Å². The van der Waals surface area contributed by atoms with Gasteiger partial charge < -0.3 is 9.47 Å². The molecule has 1 aliphatic heterocycles. The van der Waals surface area contributed by atoms with Crippen molar-refractivity contribution in [1.29, 1.82) is 0 Å². The van der Waals surface area contributed by atoms with Crippen molar-refractivity contribution in [2.24, 2.45) is 0 Å². The van der Waals surface area contributed by atoms with Crippen LogP contribution in [0.2, 0.25) is 0 Å². The van der Waals surface area contributed by atoms with Crippen LogP contribution in [0.1, 0.15) is 27.7 Å². The Balaban J connectivity index is 2.24. The smallest absolute Gasteiger partial charge is 0.239 e. The minimum Gasteiger partial charge on any atom is -0.391 e. The van der Waals surface area contributed by atoms with Crippen molar-refractivity contribution >= 4 is 18.6 Å². The van der Waals surface area contributed by atoms with Crippen molar-refractivity contribution in [1.82, 2.24) is 9.47 Å². The van der Waals surface area contributed by atoms with Crippen LogP contribution in [0.15, 0.2) is 73.1 Å². The molecule has 2 aromatic rings. The monoisotopic (exact) mass is 336 g/mol. The summed E-state index contributed by atoms with van der Waals surface area (Å²) in [6, 6.07) is 23.3. The summed E-state index contributed by atoms with van der Waals surface area (Å²) in [7, 11) is -2.08. The van der Waals surface area contributed by atoms with Crippen LogP contribution >= 0.6 is 0 Å². The Morgan fingerprint density at radius 2 is 1.21 bits per heavy atom. The summed E-state index contributed by atoms with van der Waals surface area (Å²) in [5.41, 5.74) is 0. The van der Waals surface area contributed by atoms with E-state index in [4.69, 9.17) is 0 Å². The van der Waals surface area contributed by atoms with Crippen LogP contribution in [0.5, 0.6) is 0 Å². The topological polar surface area (TPSA) is 6.48 Å². The van der Waals surface area contributed by atoms with Crippen molar-refractivity contribution in [2.75, 3.05) is 6.17 Å². The van der Waals surface area contributed by atoms with Gasteiger partial charge in [0.15, 0.2) is 0 Å². The lowest BCUT2D eigenvalue weighted by atomic mass is 10.3. The molecule has 1 aliphatic rings. The van der Waals surface area contributed by atoms with Gasteiger partial charge in [0.25, 0.3) is 0 Å². The lowest BCUT2D eigenvalue weighted by Gasteiger charge is -2.51. The zero-order chi connectivity index (χ0) is 17.2. The molecule has 0 spiro atoms. The number of benzene rings is 2. The molecule has 0 aliphatic carbocycles. The zero-order valence-electron chi connectivity index (χ0n) is 15.2. The number of hydrogen-bond donors (Lipinski definition) is 0. The van der Waals surface area contributed by atoms with Gasteiger partial charge in [0.05, 0.1) is 0 Å². The lowest BCUT2D eigenvalue weighted by molar-refractivity contribution is 0.312. The van der Waals surface area contributed by atoms with Crippen LogP contribution in [0, 0.1) is 0 Å². The Morgan fingerprint density at radius 3 is 1.62 bits per heavy atom. The maximum absolute atomic E-state index is 2.65. The molecule has 0 fully saturated rings. The summed E-state index contributed by atoms with van der Waals surface area (Å²) >= 11 is 0. The van der Waals surface area contributed by atoms with E-state index in [-0.39, 0.29) is 0 Å². The van der Waals surface area contributed by atoms with Crippen LogP contribution in [0.25, 0.3) is 0 Å². The van der Waals surface area contributed by atoms with Crippen molar-refractivity contribution in [3.05, 3.63) is 73.1 Å². The predicted octanol–water partition coefficient (Wildman–Crippen LogP) is 3.19. The van der Waals surface area contributed by atoms with E-state index in [2.05, 4.69) is 110 Å². The largest absolute Gasteiger partial charge is 0.391 e. The van der Waals surface area contributed by atoms with Gasteiger partial charge in [-0.15, -0.1) is 0 Å². The summed E-state index contributed by atoms with van der Waals surface area (Å²) in [5, 5.41) is 2.97. The third-order valence-corrected chi connectivity index (χ3v) is 9.94. The minimum atomic E-state index is -2.08. The van der Waals surface area contributed by atoms with E-state index in [0.29, 0.717) is 12.1 Å². The Morgan fingerprint density at radius 1 is 0.708 bits per heavy atom. The summed E-state index contributed by atoms with van der Waals surface area (Å²) in [6.45, 7) is 9.18. The second-order valence-corrected chi connectivity index (χ2v) is 10.9. The molecule has 2 nitrogen and oxygen atoms in total. The van der Waals surface area contributed by atoms with Crippen molar-refractivity contribution in [2.45, 2.75) is 39.8 Å². The van der Waals surface area contributed by atoms with Gasteiger partial charge in [0, 0.05) is 30.7 Å². The van der Waals surface area contributed by atoms with E-state index < -0.39 is 8.24 Å². The molecule has 0 bridgehead atoms. The van der Waals surface area contributed by atoms with E-state index in [1.54, 1.807) is 0 Å². The normalized spacial score (nSPS) is 16.9. The highest BCUT2D eigenvalue weighted by atomic mass is 28.3. The van der Waals surface area contributed by atoms with Crippen LogP contribution in [-0.4, -0.2) is 36.0 Å². The second-order valence-electron chi connectivity index (χ2n) is 7.16. The first-order chi connectivity index (χ1) is 11.6. The summed E-state index contributed by atoms with van der Waals surface area (Å²) in [4.78, 5) is 2.51. The number of nitrogens with zero attached hydrogens (tertiary/aromatic N) is 2. The Hall–Kier alpha value is -2.00. The van der Waals surface area contributed by atoms with E-state index in [9.17, 15) is 0 Å². The van der Waals surface area contributed by atoms with Gasteiger partial charge in [-0.3, -0.25) is 0 Å². The zero-order valence-corrected chi connectivity index (χ0v) is 16.2. The summed E-state index contributed by atoms with van der Waals surface area (Å²) in [6.07, 6.45) is 5.70. The first kappa shape index (κ1) is 16.8. The third kappa shape index (κ3) is 2.89. The molecule has 1 heterocycles. The quantitative estimate of drug-likeness (QED) is 0.791. The fraction of sp³-hybridized carbons (Fsp3) is 0.333. The molecule has 0 unspecified atom stereocenters. The molecule has 0 aromatic heterocycles. The van der Waals surface area contributed by atoms with Crippen LogP contribution in [0.3, 0.4) is 0 Å². The SMILES string of the molecule is CC(C)N1C=CN(C(C)C)[Si](c2ccccc2)(c2ccccc2)C1. The standard InChI is InChI=1S/C21H28N2Si/c1-18(2)22-15-16-23(19(3)4)24(17-22,20-11-7-5-8-12-20)21-13-9-6-10-14-21/h5-16,18-19H,17H2,1-4H3. The van der Waals surface area contributed by atoms with E-state index in [0.717, 1.165) is 6.17 Å². The average molecular weight is 337 g/mol. The van der Waals surface area contributed by atoms with Crippen LogP contribution < -0.4 is 10.4 Å². The molecule has 3 heteroatoms. The van der Waals surface area contributed by atoms with E-state index in [1.165, 1.54) is 10.4 Å². The van der Waals surface area contributed by atoms with Crippen molar-refractivity contribution in [3.63, 3.8) is 0 Å². The predicted molar refractivity (Wildman–Crippen MR) is 106 cm³/mol. The van der Waals surface area contributed by atoms with E-state index in [1.807, 2.05) is 0 Å². The van der Waals surface area contributed by atoms with Gasteiger partial charge in [-0.25, -0.2) is 0 Å². The number of hydrogen-bond acceptors (Lipinski definition) is 2. The molecular weight excluding hydrogens is 308 g/mol. The lowest BCUT2D eigenvalue weighted by Crippen LogP contribution is -2.76. The molecule has 0 amide bonds. The Labute approximate surface area is 147 Å². The molecule has 0 saturated heterocycles. The maximum atomic E-state index is 2.65. The molecule has 0 radical (unpaired) electrons. The fourth-order valence-electron chi connectivity index (χ4n) is 3.73. The van der Waals surface area contributed by atoms with Gasteiger partial charge in [-0.05, 0) is 38.1 Å². The second kappa shape index (κ2) is 6.86. The maximum Gasteiger partial charge on any atom is 0.239 e. The molecule has 126 valence electrons. The summed E-state index contributed by atoms with van der Waals surface area (Å²) in [5.74, 6) is 0. The van der Waals surface area contributed by atoms with Crippen LogP contribution in [0.4, 0.5) is 0 Å². The molecule has 0 atom stereocenters. The third-order valence-electron chi connectivity index (χ3n) is 4.99. The molecule has 0 saturated carbocycles. The van der Waals surface area contributed by atoms with Gasteiger partial charge in [-0.1, -0.05) is 60.7 Å². The Kier molecular flexibility index (Phi) is 4.81.